The zero-order chi connectivity index (χ0) is 20.7. The second-order valence-corrected chi connectivity index (χ2v) is 7.25. The standard InChI is InChI=1S/C22H18N4O4/c27-18(24-16-8-3-5-14-6-4-11-23-19(14)16)13-26-20(28)22(25-21(26)29)10-12-30-17-9-2-1-7-15(17)22/h1-9,11H,10,12-13H2,(H,24,27)(H,25,29)/t22-/m0/s1. The van der Waals surface area contributed by atoms with Crippen LogP contribution in [0.15, 0.2) is 60.8 Å². The van der Waals surface area contributed by atoms with Crippen LogP contribution in [0.3, 0.4) is 0 Å². The number of hydrogen-bond donors (Lipinski definition) is 2. The summed E-state index contributed by atoms with van der Waals surface area (Å²) in [5.74, 6) is -0.367. The number of nitrogens with zero attached hydrogens (tertiary/aromatic N) is 2. The monoisotopic (exact) mass is 402 g/mol. The molecule has 1 fully saturated rings. The van der Waals surface area contributed by atoms with Gasteiger partial charge in [-0.3, -0.25) is 19.5 Å². The van der Waals surface area contributed by atoms with E-state index in [0.29, 0.717) is 35.5 Å². The van der Waals surface area contributed by atoms with E-state index in [1.807, 2.05) is 24.3 Å². The number of amides is 4. The first kappa shape index (κ1) is 18.1. The maximum absolute atomic E-state index is 13.3. The van der Waals surface area contributed by atoms with Crippen LogP contribution in [0.2, 0.25) is 0 Å². The van der Waals surface area contributed by atoms with E-state index in [2.05, 4.69) is 15.6 Å². The number of urea groups is 1. The van der Waals surface area contributed by atoms with Crippen LogP contribution in [0.25, 0.3) is 10.9 Å². The molecule has 150 valence electrons. The van der Waals surface area contributed by atoms with Gasteiger partial charge < -0.3 is 15.4 Å². The molecule has 2 aliphatic heterocycles. The summed E-state index contributed by atoms with van der Waals surface area (Å²) in [6, 6.07) is 15.7. The Hall–Kier alpha value is -3.94. The van der Waals surface area contributed by atoms with E-state index < -0.39 is 29.9 Å². The maximum Gasteiger partial charge on any atom is 0.325 e. The molecule has 5 rings (SSSR count). The molecule has 30 heavy (non-hydrogen) atoms. The molecule has 0 unspecified atom stereocenters. The predicted octanol–water partition coefficient (Wildman–Crippen LogP) is 2.40. The zero-order valence-corrected chi connectivity index (χ0v) is 15.9. The van der Waals surface area contributed by atoms with Crippen molar-refractivity contribution in [2.45, 2.75) is 12.0 Å². The predicted molar refractivity (Wildman–Crippen MR) is 109 cm³/mol. The van der Waals surface area contributed by atoms with Gasteiger partial charge in [-0.25, -0.2) is 4.79 Å². The lowest BCUT2D eigenvalue weighted by Crippen LogP contribution is -2.48. The minimum Gasteiger partial charge on any atom is -0.493 e. The number of ether oxygens (including phenoxy) is 1. The van der Waals surface area contributed by atoms with E-state index in [1.54, 1.807) is 36.5 Å². The summed E-state index contributed by atoms with van der Waals surface area (Å²) >= 11 is 0. The smallest absolute Gasteiger partial charge is 0.325 e. The Kier molecular flexibility index (Phi) is 4.13. The van der Waals surface area contributed by atoms with Gasteiger partial charge in [-0.05, 0) is 18.2 Å². The van der Waals surface area contributed by atoms with E-state index in [4.69, 9.17) is 4.74 Å². The molecule has 2 N–H and O–H groups in total. The number of pyridine rings is 1. The molecule has 1 saturated heterocycles. The van der Waals surface area contributed by atoms with E-state index >= 15 is 0 Å². The van der Waals surface area contributed by atoms with Crippen LogP contribution >= 0.6 is 0 Å². The van der Waals surface area contributed by atoms with Gasteiger partial charge in [-0.1, -0.05) is 36.4 Å². The lowest BCUT2D eigenvalue weighted by molar-refractivity contribution is -0.135. The van der Waals surface area contributed by atoms with Gasteiger partial charge >= 0.3 is 6.03 Å². The molecule has 8 heteroatoms. The van der Waals surface area contributed by atoms with Crippen molar-refractivity contribution >= 4 is 34.4 Å². The lowest BCUT2D eigenvalue weighted by atomic mass is 9.84. The molecule has 0 bridgehead atoms. The van der Waals surface area contributed by atoms with E-state index in [1.165, 1.54) is 0 Å². The van der Waals surface area contributed by atoms with Crippen LogP contribution in [-0.2, 0) is 15.1 Å². The van der Waals surface area contributed by atoms with Crippen molar-refractivity contribution in [1.82, 2.24) is 15.2 Å². The Morgan fingerprint density at radius 1 is 1.13 bits per heavy atom. The maximum atomic E-state index is 13.3. The first-order valence-electron chi connectivity index (χ1n) is 9.58. The highest BCUT2D eigenvalue weighted by atomic mass is 16.5. The number of imide groups is 1. The van der Waals surface area contributed by atoms with Gasteiger partial charge in [-0.15, -0.1) is 0 Å². The zero-order valence-electron chi connectivity index (χ0n) is 15.9. The third-order valence-electron chi connectivity index (χ3n) is 5.47. The second kappa shape index (κ2) is 6.84. The Morgan fingerprint density at radius 2 is 1.97 bits per heavy atom. The summed E-state index contributed by atoms with van der Waals surface area (Å²) in [5.41, 5.74) is 0.570. The second-order valence-electron chi connectivity index (χ2n) is 7.25. The van der Waals surface area contributed by atoms with Crippen molar-refractivity contribution < 1.29 is 19.1 Å². The van der Waals surface area contributed by atoms with E-state index in [-0.39, 0.29) is 0 Å². The number of aromatic nitrogens is 1. The summed E-state index contributed by atoms with van der Waals surface area (Å²) in [4.78, 5) is 43.8. The molecule has 0 radical (unpaired) electrons. The Bertz CT molecular complexity index is 1190. The van der Waals surface area contributed by atoms with Gasteiger partial charge in [0, 0.05) is 23.6 Å². The third-order valence-corrected chi connectivity index (χ3v) is 5.47. The lowest BCUT2D eigenvalue weighted by Gasteiger charge is -2.33. The molecule has 2 aromatic carbocycles. The summed E-state index contributed by atoms with van der Waals surface area (Å²) in [6.07, 6.45) is 1.95. The molecule has 8 nitrogen and oxygen atoms in total. The molecule has 2 aliphatic rings. The summed E-state index contributed by atoms with van der Waals surface area (Å²) in [6.45, 7) is -0.0938. The number of carbonyl (C=O) groups is 3. The SMILES string of the molecule is O=C(CN1C(=O)N[C@]2(CCOc3ccccc32)C1=O)Nc1cccc2cccnc12. The van der Waals surface area contributed by atoms with Crippen molar-refractivity contribution in [3.8, 4) is 5.75 Å². The fourth-order valence-electron chi connectivity index (χ4n) is 4.05. The van der Waals surface area contributed by atoms with Gasteiger partial charge in [-0.2, -0.15) is 0 Å². The molecule has 0 saturated carbocycles. The molecule has 4 amide bonds. The highest BCUT2D eigenvalue weighted by Crippen LogP contribution is 2.40. The Morgan fingerprint density at radius 3 is 2.87 bits per heavy atom. The minimum absolute atomic E-state index is 0.296. The van der Waals surface area contributed by atoms with Gasteiger partial charge in [0.25, 0.3) is 5.91 Å². The van der Waals surface area contributed by atoms with Gasteiger partial charge in [0.15, 0.2) is 5.54 Å². The molecule has 3 heterocycles. The normalized spacial score (nSPS) is 20.1. The topological polar surface area (TPSA) is 101 Å². The number of nitrogens with one attached hydrogen (secondary N) is 2. The van der Waals surface area contributed by atoms with Gasteiger partial charge in [0.2, 0.25) is 5.91 Å². The molecule has 0 aliphatic carbocycles. The average molecular weight is 402 g/mol. The van der Waals surface area contributed by atoms with Crippen LogP contribution in [-0.4, -0.2) is 40.9 Å². The van der Waals surface area contributed by atoms with Crippen molar-refractivity contribution in [3.63, 3.8) is 0 Å². The highest BCUT2D eigenvalue weighted by Gasteiger charge is 2.55. The summed E-state index contributed by atoms with van der Waals surface area (Å²) in [7, 11) is 0. The van der Waals surface area contributed by atoms with Crippen molar-refractivity contribution in [2.75, 3.05) is 18.5 Å². The quantitative estimate of drug-likeness (QED) is 0.656. The molecular formula is C22H18N4O4. The molecule has 3 aromatic rings. The van der Waals surface area contributed by atoms with Gasteiger partial charge in [0.1, 0.15) is 12.3 Å². The molecule has 1 atom stereocenters. The summed E-state index contributed by atoms with van der Waals surface area (Å²) < 4.78 is 5.62. The number of hydrogen-bond acceptors (Lipinski definition) is 5. The Labute approximate surface area is 171 Å². The van der Waals surface area contributed by atoms with E-state index in [0.717, 1.165) is 10.3 Å². The van der Waals surface area contributed by atoms with Crippen LogP contribution in [0.5, 0.6) is 5.75 Å². The number of para-hydroxylation sites is 2. The van der Waals surface area contributed by atoms with Crippen LogP contribution in [0.4, 0.5) is 10.5 Å². The molecule has 1 spiro atoms. The van der Waals surface area contributed by atoms with Crippen LogP contribution < -0.4 is 15.4 Å². The minimum atomic E-state index is -1.20. The van der Waals surface area contributed by atoms with Crippen molar-refractivity contribution in [2.24, 2.45) is 0 Å². The fourth-order valence-corrected chi connectivity index (χ4v) is 4.05. The van der Waals surface area contributed by atoms with Crippen molar-refractivity contribution in [3.05, 3.63) is 66.4 Å². The summed E-state index contributed by atoms with van der Waals surface area (Å²) in [5, 5.41) is 6.43. The third kappa shape index (κ3) is 2.76. The number of rotatable bonds is 3. The van der Waals surface area contributed by atoms with E-state index in [9.17, 15) is 14.4 Å². The van der Waals surface area contributed by atoms with Gasteiger partial charge in [0.05, 0.1) is 17.8 Å². The molecular weight excluding hydrogens is 384 g/mol. The highest BCUT2D eigenvalue weighted by molar-refractivity contribution is 6.11. The number of fused-ring (bicyclic) bond motifs is 3. The Balaban J connectivity index is 1.39. The first-order valence-corrected chi connectivity index (χ1v) is 9.58. The van der Waals surface area contributed by atoms with Crippen LogP contribution in [0, 0.1) is 0 Å². The average Bonchev–Trinajstić information content (AvgIpc) is 2.99. The van der Waals surface area contributed by atoms with Crippen molar-refractivity contribution in [1.29, 1.82) is 0 Å². The number of carbonyl (C=O) groups excluding carboxylic acids is 3. The number of benzene rings is 2. The molecule has 1 aromatic heterocycles. The first-order chi connectivity index (χ1) is 14.6. The largest absolute Gasteiger partial charge is 0.493 e. The van der Waals surface area contributed by atoms with Crippen LogP contribution in [0.1, 0.15) is 12.0 Å². The number of anilines is 1. The fraction of sp³-hybridized carbons (Fsp3) is 0.182.